The number of ether oxygens (including phenoxy) is 3. The molecule has 0 spiro atoms. The molecular weight excluding hydrogens is 258 g/mol. The highest BCUT2D eigenvalue weighted by atomic mass is 16.5. The Labute approximate surface area is 119 Å². The van der Waals surface area contributed by atoms with Gasteiger partial charge in [-0.2, -0.15) is 5.26 Å². The Kier molecular flexibility index (Phi) is 7.48. The predicted molar refractivity (Wildman–Crippen MR) is 74.9 cm³/mol. The van der Waals surface area contributed by atoms with E-state index in [9.17, 15) is 5.11 Å². The van der Waals surface area contributed by atoms with Crippen molar-refractivity contribution in [2.24, 2.45) is 0 Å². The van der Waals surface area contributed by atoms with E-state index in [-0.39, 0.29) is 13.2 Å². The SMILES string of the molecule is CCCCOCC(O)COc1cc(C#N)cc(OC)c1. The highest BCUT2D eigenvalue weighted by Crippen LogP contribution is 2.22. The van der Waals surface area contributed by atoms with E-state index in [1.807, 2.05) is 6.07 Å². The lowest BCUT2D eigenvalue weighted by atomic mass is 10.2. The smallest absolute Gasteiger partial charge is 0.124 e. The first-order chi connectivity index (χ1) is 9.69. The minimum atomic E-state index is -0.691. The lowest BCUT2D eigenvalue weighted by Gasteiger charge is -2.13. The van der Waals surface area contributed by atoms with Gasteiger partial charge in [0, 0.05) is 12.7 Å². The van der Waals surface area contributed by atoms with Crippen LogP contribution in [0.3, 0.4) is 0 Å². The van der Waals surface area contributed by atoms with Crippen LogP contribution >= 0.6 is 0 Å². The molecule has 0 saturated carbocycles. The molecule has 5 nitrogen and oxygen atoms in total. The molecule has 0 aromatic heterocycles. The van der Waals surface area contributed by atoms with Crippen molar-refractivity contribution in [2.75, 3.05) is 26.9 Å². The molecule has 110 valence electrons. The fourth-order valence-electron chi connectivity index (χ4n) is 1.54. The van der Waals surface area contributed by atoms with Crippen molar-refractivity contribution in [3.63, 3.8) is 0 Å². The minimum Gasteiger partial charge on any atom is -0.497 e. The summed E-state index contributed by atoms with van der Waals surface area (Å²) in [5, 5.41) is 18.6. The van der Waals surface area contributed by atoms with Gasteiger partial charge in [-0.1, -0.05) is 13.3 Å². The largest absolute Gasteiger partial charge is 0.497 e. The van der Waals surface area contributed by atoms with Crippen molar-refractivity contribution >= 4 is 0 Å². The standard InChI is InChI=1S/C15H21NO4/c1-3-4-5-19-10-13(17)11-20-15-7-12(9-16)6-14(8-15)18-2/h6-8,13,17H,3-5,10-11H2,1-2H3. The van der Waals surface area contributed by atoms with Gasteiger partial charge in [0.05, 0.1) is 25.3 Å². The molecule has 1 aromatic carbocycles. The van der Waals surface area contributed by atoms with Crippen LogP contribution in [-0.4, -0.2) is 38.1 Å². The molecule has 0 bridgehead atoms. The summed E-state index contributed by atoms with van der Waals surface area (Å²) in [5.41, 5.74) is 0.452. The summed E-state index contributed by atoms with van der Waals surface area (Å²) in [4.78, 5) is 0. The third-order valence-electron chi connectivity index (χ3n) is 2.64. The minimum absolute atomic E-state index is 0.115. The zero-order valence-corrected chi connectivity index (χ0v) is 12.0. The number of hydrogen-bond acceptors (Lipinski definition) is 5. The van der Waals surface area contributed by atoms with Gasteiger partial charge in [-0.15, -0.1) is 0 Å². The third kappa shape index (κ3) is 5.91. The Morgan fingerprint density at radius 3 is 2.65 bits per heavy atom. The van der Waals surface area contributed by atoms with Crippen LogP contribution in [-0.2, 0) is 4.74 Å². The zero-order valence-electron chi connectivity index (χ0n) is 12.0. The summed E-state index contributed by atoms with van der Waals surface area (Å²) in [6.07, 6.45) is 1.35. The fourth-order valence-corrected chi connectivity index (χ4v) is 1.54. The van der Waals surface area contributed by atoms with Crippen molar-refractivity contribution < 1.29 is 19.3 Å². The number of hydrogen-bond donors (Lipinski definition) is 1. The molecule has 0 aliphatic carbocycles. The quantitative estimate of drug-likeness (QED) is 0.701. The van der Waals surface area contributed by atoms with Crippen LogP contribution in [0.1, 0.15) is 25.3 Å². The normalized spacial score (nSPS) is 11.7. The Hall–Kier alpha value is -1.77. The van der Waals surface area contributed by atoms with Crippen molar-refractivity contribution in [1.29, 1.82) is 5.26 Å². The van der Waals surface area contributed by atoms with Crippen molar-refractivity contribution in [3.8, 4) is 17.6 Å². The lowest BCUT2D eigenvalue weighted by Crippen LogP contribution is -2.23. The summed E-state index contributed by atoms with van der Waals surface area (Å²) in [7, 11) is 1.52. The molecule has 0 radical (unpaired) electrons. The maximum absolute atomic E-state index is 9.72. The number of nitrogens with zero attached hydrogens (tertiary/aromatic N) is 1. The van der Waals surface area contributed by atoms with E-state index in [2.05, 4.69) is 6.92 Å². The maximum atomic E-state index is 9.72. The van der Waals surface area contributed by atoms with Gasteiger partial charge in [0.2, 0.25) is 0 Å². The van der Waals surface area contributed by atoms with E-state index in [0.717, 1.165) is 12.8 Å². The molecule has 0 heterocycles. The first-order valence-electron chi connectivity index (χ1n) is 6.67. The van der Waals surface area contributed by atoms with E-state index in [1.165, 1.54) is 7.11 Å². The Bertz CT molecular complexity index is 442. The predicted octanol–water partition coefficient (Wildman–Crippen LogP) is 2.12. The highest BCUT2D eigenvalue weighted by Gasteiger charge is 2.07. The fraction of sp³-hybridized carbons (Fsp3) is 0.533. The number of nitriles is 1. The molecule has 1 aromatic rings. The van der Waals surface area contributed by atoms with Crippen LogP contribution in [0, 0.1) is 11.3 Å². The first-order valence-corrected chi connectivity index (χ1v) is 6.67. The molecule has 1 atom stereocenters. The Balaban J connectivity index is 2.42. The Morgan fingerprint density at radius 2 is 2.00 bits per heavy atom. The van der Waals surface area contributed by atoms with Crippen LogP contribution < -0.4 is 9.47 Å². The molecule has 0 amide bonds. The van der Waals surface area contributed by atoms with Crippen LogP contribution in [0.4, 0.5) is 0 Å². The van der Waals surface area contributed by atoms with E-state index in [4.69, 9.17) is 19.5 Å². The van der Waals surface area contributed by atoms with Crippen LogP contribution in [0.2, 0.25) is 0 Å². The summed E-state index contributed by atoms with van der Waals surface area (Å²) in [5.74, 6) is 1.04. The third-order valence-corrected chi connectivity index (χ3v) is 2.64. The van der Waals surface area contributed by atoms with Crippen LogP contribution in [0.5, 0.6) is 11.5 Å². The monoisotopic (exact) mass is 279 g/mol. The molecule has 1 unspecified atom stereocenters. The average molecular weight is 279 g/mol. The van der Waals surface area contributed by atoms with E-state index in [1.54, 1.807) is 18.2 Å². The molecule has 5 heteroatoms. The first kappa shape index (κ1) is 16.3. The summed E-state index contributed by atoms with van der Waals surface area (Å²) >= 11 is 0. The van der Waals surface area contributed by atoms with Gasteiger partial charge in [-0.25, -0.2) is 0 Å². The van der Waals surface area contributed by atoms with Gasteiger partial charge in [-0.05, 0) is 18.6 Å². The van der Waals surface area contributed by atoms with E-state index >= 15 is 0 Å². The second-order valence-electron chi connectivity index (χ2n) is 4.40. The molecule has 0 fully saturated rings. The average Bonchev–Trinajstić information content (AvgIpc) is 2.49. The van der Waals surface area contributed by atoms with Gasteiger partial charge >= 0.3 is 0 Å². The van der Waals surface area contributed by atoms with E-state index in [0.29, 0.717) is 23.7 Å². The number of benzene rings is 1. The zero-order chi connectivity index (χ0) is 14.8. The lowest BCUT2D eigenvalue weighted by molar-refractivity contribution is 0.0113. The highest BCUT2D eigenvalue weighted by molar-refractivity contribution is 5.43. The number of methoxy groups -OCH3 is 1. The summed E-state index contributed by atoms with van der Waals surface area (Å²) in [6.45, 7) is 3.09. The number of unbranched alkanes of at least 4 members (excludes halogenated alkanes) is 1. The Morgan fingerprint density at radius 1 is 1.25 bits per heavy atom. The van der Waals surface area contributed by atoms with Gasteiger partial charge in [0.15, 0.2) is 0 Å². The summed E-state index contributed by atoms with van der Waals surface area (Å²) in [6, 6.07) is 6.93. The molecule has 0 aliphatic rings. The molecule has 0 saturated heterocycles. The maximum Gasteiger partial charge on any atom is 0.124 e. The van der Waals surface area contributed by atoms with Gasteiger partial charge in [0.1, 0.15) is 24.2 Å². The summed E-state index contributed by atoms with van der Waals surface area (Å²) < 4.78 is 15.8. The second-order valence-corrected chi connectivity index (χ2v) is 4.40. The topological polar surface area (TPSA) is 71.7 Å². The molecule has 20 heavy (non-hydrogen) atoms. The van der Waals surface area contributed by atoms with Crippen molar-refractivity contribution in [1.82, 2.24) is 0 Å². The number of rotatable bonds is 9. The van der Waals surface area contributed by atoms with Crippen LogP contribution in [0.25, 0.3) is 0 Å². The van der Waals surface area contributed by atoms with Crippen molar-refractivity contribution in [2.45, 2.75) is 25.9 Å². The van der Waals surface area contributed by atoms with Gasteiger partial charge < -0.3 is 19.3 Å². The molecule has 1 N–H and O–H groups in total. The molecular formula is C15H21NO4. The van der Waals surface area contributed by atoms with Crippen LogP contribution in [0.15, 0.2) is 18.2 Å². The van der Waals surface area contributed by atoms with E-state index < -0.39 is 6.10 Å². The molecule has 0 aliphatic heterocycles. The number of aliphatic hydroxyl groups excluding tert-OH is 1. The van der Waals surface area contributed by atoms with Gasteiger partial charge in [0.25, 0.3) is 0 Å². The van der Waals surface area contributed by atoms with Crippen molar-refractivity contribution in [3.05, 3.63) is 23.8 Å². The van der Waals surface area contributed by atoms with Gasteiger partial charge in [-0.3, -0.25) is 0 Å². The molecule has 1 rings (SSSR count). The number of aliphatic hydroxyl groups is 1. The second kappa shape index (κ2) is 9.18.